The van der Waals surface area contributed by atoms with Crippen molar-refractivity contribution >= 4 is 5.91 Å². The molecule has 1 aromatic heterocycles. The predicted molar refractivity (Wildman–Crippen MR) is 122 cm³/mol. The molecule has 2 aliphatic heterocycles. The number of nitrogens with one attached hydrogen (secondary N) is 1. The molecule has 1 saturated heterocycles. The van der Waals surface area contributed by atoms with Crippen LogP contribution >= 0.6 is 0 Å². The number of amides is 1. The van der Waals surface area contributed by atoms with Gasteiger partial charge in [-0.25, -0.2) is 4.98 Å². The van der Waals surface area contributed by atoms with Gasteiger partial charge in [0.1, 0.15) is 11.5 Å². The smallest absolute Gasteiger partial charge is 0.351 e. The van der Waals surface area contributed by atoms with Crippen molar-refractivity contribution in [2.24, 2.45) is 0 Å². The summed E-state index contributed by atoms with van der Waals surface area (Å²) in [6.45, 7) is 4.84. The van der Waals surface area contributed by atoms with Crippen molar-refractivity contribution in [3.05, 3.63) is 52.6 Å². The Labute approximate surface area is 205 Å². The van der Waals surface area contributed by atoms with Gasteiger partial charge in [-0.15, -0.1) is 0 Å². The number of piperidine rings is 1. The standard InChI is InChI=1S/C25H30F6N4O/c1-16-5-2-3-9-34(16)10-4-8-32-23(36)21-15-35-14-17(6-7-22(35)33-21)18-11-19(24(26,27)28)13-20(12-18)25(29,30)31/h11-13,15-17H,2-10,14H2,1H3,(H,32,36)/t16-,17-/m1/s1. The Morgan fingerprint density at radius 2 is 1.75 bits per heavy atom. The average Bonchev–Trinajstić information content (AvgIpc) is 3.25. The number of rotatable bonds is 6. The van der Waals surface area contributed by atoms with E-state index in [2.05, 4.69) is 22.1 Å². The number of carbonyl (C=O) groups excluding carboxylic acids is 1. The first-order valence-corrected chi connectivity index (χ1v) is 12.3. The van der Waals surface area contributed by atoms with Crippen molar-refractivity contribution < 1.29 is 31.1 Å². The third kappa shape index (κ3) is 6.22. The highest BCUT2D eigenvalue weighted by atomic mass is 19.4. The molecule has 2 aromatic rings. The first-order valence-electron chi connectivity index (χ1n) is 12.3. The van der Waals surface area contributed by atoms with Crippen LogP contribution in [0.2, 0.25) is 0 Å². The molecule has 2 aliphatic rings. The molecule has 36 heavy (non-hydrogen) atoms. The molecule has 2 atom stereocenters. The molecule has 0 saturated carbocycles. The number of benzene rings is 1. The monoisotopic (exact) mass is 516 g/mol. The van der Waals surface area contributed by atoms with Crippen molar-refractivity contribution in [3.63, 3.8) is 0 Å². The van der Waals surface area contributed by atoms with Crippen LogP contribution < -0.4 is 5.32 Å². The minimum Gasteiger partial charge on any atom is -0.351 e. The van der Waals surface area contributed by atoms with Gasteiger partial charge in [0.2, 0.25) is 0 Å². The number of likely N-dealkylation sites (tertiary alicyclic amines) is 1. The topological polar surface area (TPSA) is 50.2 Å². The Morgan fingerprint density at radius 3 is 2.39 bits per heavy atom. The zero-order chi connectivity index (χ0) is 26.1. The molecule has 1 amide bonds. The van der Waals surface area contributed by atoms with Crippen LogP contribution in [0.25, 0.3) is 0 Å². The molecule has 0 unspecified atom stereocenters. The molecule has 0 aliphatic carbocycles. The second-order valence-electron chi connectivity index (χ2n) is 9.76. The van der Waals surface area contributed by atoms with E-state index in [1.165, 1.54) is 25.5 Å². The lowest BCUT2D eigenvalue weighted by Crippen LogP contribution is -2.39. The largest absolute Gasteiger partial charge is 0.416 e. The summed E-state index contributed by atoms with van der Waals surface area (Å²) in [6, 6.07) is 2.27. The zero-order valence-corrected chi connectivity index (χ0v) is 20.1. The van der Waals surface area contributed by atoms with Crippen LogP contribution in [0.4, 0.5) is 26.3 Å². The lowest BCUT2D eigenvalue weighted by molar-refractivity contribution is -0.143. The zero-order valence-electron chi connectivity index (χ0n) is 20.1. The summed E-state index contributed by atoms with van der Waals surface area (Å²) >= 11 is 0. The maximum Gasteiger partial charge on any atom is 0.416 e. The third-order valence-corrected chi connectivity index (χ3v) is 7.15. The van der Waals surface area contributed by atoms with Crippen LogP contribution in [0.5, 0.6) is 0 Å². The van der Waals surface area contributed by atoms with Gasteiger partial charge >= 0.3 is 12.4 Å². The Kier molecular flexibility index (Phi) is 7.68. The molecule has 1 aromatic carbocycles. The van der Waals surface area contributed by atoms with Crippen LogP contribution in [0.3, 0.4) is 0 Å². The number of carbonyl (C=O) groups is 1. The Hall–Kier alpha value is -2.56. The molecule has 1 N–H and O–H groups in total. The van der Waals surface area contributed by atoms with Gasteiger partial charge in [-0.3, -0.25) is 4.79 Å². The van der Waals surface area contributed by atoms with Crippen molar-refractivity contribution in [3.8, 4) is 0 Å². The van der Waals surface area contributed by atoms with E-state index in [-0.39, 0.29) is 29.8 Å². The van der Waals surface area contributed by atoms with Gasteiger partial charge in [0.15, 0.2) is 0 Å². The molecule has 198 valence electrons. The maximum atomic E-state index is 13.3. The van der Waals surface area contributed by atoms with E-state index >= 15 is 0 Å². The minimum atomic E-state index is -4.89. The Bertz CT molecular complexity index is 1050. The van der Waals surface area contributed by atoms with E-state index in [4.69, 9.17) is 0 Å². The van der Waals surface area contributed by atoms with Gasteiger partial charge < -0.3 is 14.8 Å². The summed E-state index contributed by atoms with van der Waals surface area (Å²) in [5, 5.41) is 2.86. The van der Waals surface area contributed by atoms with Crippen molar-refractivity contribution in [2.45, 2.75) is 76.3 Å². The molecule has 3 heterocycles. The van der Waals surface area contributed by atoms with E-state index in [1.807, 2.05) is 0 Å². The number of alkyl halides is 6. The maximum absolute atomic E-state index is 13.3. The van der Waals surface area contributed by atoms with E-state index < -0.39 is 29.4 Å². The molecule has 5 nitrogen and oxygen atoms in total. The van der Waals surface area contributed by atoms with Gasteiger partial charge in [0.05, 0.1) is 11.1 Å². The second-order valence-corrected chi connectivity index (χ2v) is 9.76. The SMILES string of the molecule is C[C@@H]1CCCCN1CCCNC(=O)c1cn2c(n1)CC[C@@H](c1cc(C(F)(F)F)cc(C(F)(F)F)c1)C2. The summed E-state index contributed by atoms with van der Waals surface area (Å²) < 4.78 is 81.2. The highest BCUT2D eigenvalue weighted by Crippen LogP contribution is 2.39. The predicted octanol–water partition coefficient (Wildman–Crippen LogP) is 5.65. The lowest BCUT2D eigenvalue weighted by Gasteiger charge is -2.33. The first kappa shape index (κ1) is 26.5. The summed E-state index contributed by atoms with van der Waals surface area (Å²) in [7, 11) is 0. The molecule has 0 spiro atoms. The summed E-state index contributed by atoms with van der Waals surface area (Å²) in [6.07, 6.45) is -3.12. The quantitative estimate of drug-likeness (QED) is 0.399. The number of hydrogen-bond donors (Lipinski definition) is 1. The number of halogens is 6. The molecule has 0 bridgehead atoms. The Balaban J connectivity index is 1.40. The summed E-state index contributed by atoms with van der Waals surface area (Å²) in [5.41, 5.74) is -2.45. The van der Waals surface area contributed by atoms with Crippen LogP contribution in [-0.2, 0) is 25.3 Å². The van der Waals surface area contributed by atoms with Crippen molar-refractivity contribution in [1.29, 1.82) is 0 Å². The summed E-state index contributed by atoms with van der Waals surface area (Å²) in [5.74, 6) is -0.294. The van der Waals surface area contributed by atoms with E-state index in [0.717, 1.165) is 31.6 Å². The highest BCUT2D eigenvalue weighted by molar-refractivity contribution is 5.92. The summed E-state index contributed by atoms with van der Waals surface area (Å²) in [4.78, 5) is 19.4. The number of hydrogen-bond acceptors (Lipinski definition) is 3. The number of aromatic nitrogens is 2. The number of aryl methyl sites for hydroxylation is 1. The lowest BCUT2D eigenvalue weighted by atomic mass is 9.89. The van der Waals surface area contributed by atoms with Crippen molar-refractivity contribution in [1.82, 2.24) is 19.8 Å². The van der Waals surface area contributed by atoms with Gasteiger partial charge in [-0.05, 0) is 62.9 Å². The molecule has 0 radical (unpaired) electrons. The molecule has 4 rings (SSSR count). The third-order valence-electron chi connectivity index (χ3n) is 7.15. The second kappa shape index (κ2) is 10.4. The fourth-order valence-corrected chi connectivity index (χ4v) is 5.10. The average molecular weight is 517 g/mol. The van der Waals surface area contributed by atoms with Crippen molar-refractivity contribution in [2.75, 3.05) is 19.6 Å². The van der Waals surface area contributed by atoms with Gasteiger partial charge in [-0.1, -0.05) is 6.42 Å². The number of nitrogens with zero attached hydrogens (tertiary/aromatic N) is 3. The normalized spacial score (nSPS) is 21.3. The van der Waals surface area contributed by atoms with E-state index in [9.17, 15) is 31.1 Å². The van der Waals surface area contributed by atoms with E-state index in [1.54, 1.807) is 4.57 Å². The number of fused-ring (bicyclic) bond motifs is 1. The minimum absolute atomic E-state index is 0.0190. The molecular weight excluding hydrogens is 486 g/mol. The van der Waals surface area contributed by atoms with Gasteiger partial charge in [0, 0.05) is 44.2 Å². The van der Waals surface area contributed by atoms with Crippen LogP contribution in [-0.4, -0.2) is 46.0 Å². The van der Waals surface area contributed by atoms with Crippen LogP contribution in [0, 0.1) is 0 Å². The fourth-order valence-electron chi connectivity index (χ4n) is 5.10. The van der Waals surface area contributed by atoms with Gasteiger partial charge in [-0.2, -0.15) is 26.3 Å². The van der Waals surface area contributed by atoms with Crippen LogP contribution in [0.1, 0.15) is 77.9 Å². The first-order chi connectivity index (χ1) is 16.9. The van der Waals surface area contributed by atoms with Crippen LogP contribution in [0.15, 0.2) is 24.4 Å². The Morgan fingerprint density at radius 1 is 1.06 bits per heavy atom. The van der Waals surface area contributed by atoms with Gasteiger partial charge in [0.25, 0.3) is 5.91 Å². The highest BCUT2D eigenvalue weighted by Gasteiger charge is 2.38. The molecule has 11 heteroatoms. The number of imidazole rings is 1. The fraction of sp³-hybridized carbons (Fsp3) is 0.600. The molecular formula is C25H30F6N4O. The van der Waals surface area contributed by atoms with E-state index in [0.29, 0.717) is 31.3 Å². The molecule has 1 fully saturated rings.